The van der Waals surface area contributed by atoms with Crippen LogP contribution in [0, 0.1) is 0 Å². The Hall–Kier alpha value is -1.56. The van der Waals surface area contributed by atoms with Crippen LogP contribution in [0.5, 0.6) is 0 Å². The van der Waals surface area contributed by atoms with E-state index in [1.807, 2.05) is 19.9 Å². The highest BCUT2D eigenvalue weighted by molar-refractivity contribution is 5.22. The lowest BCUT2D eigenvalue weighted by atomic mass is 9.87. The van der Waals surface area contributed by atoms with E-state index in [0.717, 1.165) is 6.42 Å². The van der Waals surface area contributed by atoms with Crippen molar-refractivity contribution in [3.8, 4) is 0 Å². The first-order valence-corrected chi connectivity index (χ1v) is 7.63. The first-order valence-electron chi connectivity index (χ1n) is 7.63. The zero-order valence-corrected chi connectivity index (χ0v) is 14.0. The molecule has 0 radical (unpaired) electrons. The van der Waals surface area contributed by atoms with E-state index in [0.29, 0.717) is 5.41 Å². The van der Waals surface area contributed by atoms with Crippen LogP contribution in [-0.2, 0) is 11.8 Å². The van der Waals surface area contributed by atoms with Crippen LogP contribution in [0.4, 0.5) is 0 Å². The molecule has 0 aromatic heterocycles. The second-order valence-corrected chi connectivity index (χ2v) is 5.46. The predicted molar refractivity (Wildman–Crippen MR) is 92.3 cm³/mol. The van der Waals surface area contributed by atoms with Gasteiger partial charge in [-0.3, -0.25) is 0 Å². The highest BCUT2D eigenvalue weighted by Gasteiger charge is 2.11. The van der Waals surface area contributed by atoms with Crippen LogP contribution in [-0.4, -0.2) is 0 Å². The first kappa shape index (κ1) is 18.4. The molecule has 0 N–H and O–H groups in total. The predicted octanol–water partition coefficient (Wildman–Crippen LogP) is 6.26. The van der Waals surface area contributed by atoms with Gasteiger partial charge in [0.2, 0.25) is 0 Å². The van der Waals surface area contributed by atoms with Crippen LogP contribution in [0.2, 0.25) is 0 Å². The van der Waals surface area contributed by atoms with E-state index < -0.39 is 0 Å². The quantitative estimate of drug-likeness (QED) is 0.573. The number of hydrogen-bond donors (Lipinski definition) is 0. The van der Waals surface area contributed by atoms with E-state index in [-0.39, 0.29) is 0 Å². The minimum Gasteiger partial charge on any atom is -0.0683 e. The highest BCUT2D eigenvalue weighted by atomic mass is 14.2. The summed E-state index contributed by atoms with van der Waals surface area (Å²) in [5.74, 6) is 0. The second kappa shape index (κ2) is 10.3. The average molecular weight is 270 g/mol. The van der Waals surface area contributed by atoms with Crippen LogP contribution in [0.25, 0.3) is 0 Å². The summed E-state index contributed by atoms with van der Waals surface area (Å²) in [4.78, 5) is 0. The van der Waals surface area contributed by atoms with E-state index in [1.165, 1.54) is 11.1 Å². The van der Waals surface area contributed by atoms with Crippen LogP contribution in [0.1, 0.15) is 52.7 Å². The molecule has 0 aliphatic rings. The molecule has 0 aliphatic heterocycles. The van der Waals surface area contributed by atoms with E-state index in [4.69, 9.17) is 0 Å². The molecular weight excluding hydrogens is 240 g/mol. The summed E-state index contributed by atoms with van der Waals surface area (Å²) in [6.45, 7) is 12.8. The molecule has 0 fully saturated rings. The van der Waals surface area contributed by atoms with E-state index >= 15 is 0 Å². The first-order chi connectivity index (χ1) is 9.54. The Morgan fingerprint density at radius 3 is 1.35 bits per heavy atom. The van der Waals surface area contributed by atoms with Crippen molar-refractivity contribution < 1.29 is 0 Å². The monoisotopic (exact) mass is 270 g/mol. The van der Waals surface area contributed by atoms with Crippen LogP contribution >= 0.6 is 0 Å². The highest BCUT2D eigenvalue weighted by Crippen LogP contribution is 2.20. The summed E-state index contributed by atoms with van der Waals surface area (Å²) in [5.41, 5.74) is 3.10. The molecule has 2 aromatic rings. The van der Waals surface area contributed by atoms with Gasteiger partial charge in [-0.1, -0.05) is 102 Å². The molecule has 0 nitrogen and oxygen atoms in total. The van der Waals surface area contributed by atoms with Gasteiger partial charge in [-0.25, -0.2) is 0 Å². The number of benzene rings is 2. The minimum atomic E-state index is 0.293. The lowest BCUT2D eigenvalue weighted by Crippen LogP contribution is -2.10. The molecule has 0 bridgehead atoms. The van der Waals surface area contributed by atoms with Gasteiger partial charge in [-0.05, 0) is 23.0 Å². The Labute approximate surface area is 125 Å². The van der Waals surface area contributed by atoms with Crippen molar-refractivity contribution in [2.45, 2.75) is 53.4 Å². The van der Waals surface area contributed by atoms with Crippen molar-refractivity contribution in [3.63, 3.8) is 0 Å². The van der Waals surface area contributed by atoms with Gasteiger partial charge in [0, 0.05) is 0 Å². The van der Waals surface area contributed by atoms with Crippen molar-refractivity contribution >= 4 is 0 Å². The van der Waals surface area contributed by atoms with Gasteiger partial charge in [0.25, 0.3) is 0 Å². The second-order valence-electron chi connectivity index (χ2n) is 5.46. The number of hydrogen-bond acceptors (Lipinski definition) is 0. The molecular formula is C20H30. The smallest absolute Gasteiger partial charge is 0.0132 e. The average Bonchev–Trinajstić information content (AvgIpc) is 2.51. The fourth-order valence-corrected chi connectivity index (χ4v) is 1.65. The van der Waals surface area contributed by atoms with Crippen molar-refractivity contribution in [3.05, 3.63) is 71.8 Å². The third kappa shape index (κ3) is 7.78. The summed E-state index contributed by atoms with van der Waals surface area (Å²) < 4.78 is 0. The van der Waals surface area contributed by atoms with Gasteiger partial charge in [-0.15, -0.1) is 0 Å². The maximum atomic E-state index is 2.22. The molecule has 0 amide bonds. The standard InChI is InChI=1S/C10H14.C8H10.C2H6/c1-10(2,3)9-7-5-4-6-8-9;1-2-8-6-4-3-5-7-8;1-2/h4-8H,1-3H3;3-7H,2H2,1H3;1-2H3. The fraction of sp³-hybridized carbons (Fsp3) is 0.400. The molecule has 110 valence electrons. The summed E-state index contributed by atoms with van der Waals surface area (Å²) in [7, 11) is 0. The third-order valence-corrected chi connectivity index (χ3v) is 2.89. The Bertz CT molecular complexity index is 421. The van der Waals surface area contributed by atoms with Crippen LogP contribution in [0.15, 0.2) is 60.7 Å². The van der Waals surface area contributed by atoms with Gasteiger partial charge in [0.15, 0.2) is 0 Å². The molecule has 0 atom stereocenters. The van der Waals surface area contributed by atoms with Gasteiger partial charge in [-0.2, -0.15) is 0 Å². The van der Waals surface area contributed by atoms with Gasteiger partial charge < -0.3 is 0 Å². The summed E-state index contributed by atoms with van der Waals surface area (Å²) >= 11 is 0. The molecule has 0 heteroatoms. The maximum absolute atomic E-state index is 2.22. The lowest BCUT2D eigenvalue weighted by molar-refractivity contribution is 0.590. The fourth-order valence-electron chi connectivity index (χ4n) is 1.65. The van der Waals surface area contributed by atoms with E-state index in [1.54, 1.807) is 0 Å². The molecule has 0 unspecified atom stereocenters. The van der Waals surface area contributed by atoms with Gasteiger partial charge in [0.1, 0.15) is 0 Å². The Balaban J connectivity index is 0.000000327. The Morgan fingerprint density at radius 1 is 0.700 bits per heavy atom. The number of rotatable bonds is 1. The largest absolute Gasteiger partial charge is 0.0683 e. The Morgan fingerprint density at radius 2 is 1.10 bits per heavy atom. The third-order valence-electron chi connectivity index (χ3n) is 2.89. The number of aryl methyl sites for hydroxylation is 1. The minimum absolute atomic E-state index is 0.293. The molecule has 2 rings (SSSR count). The molecule has 0 aliphatic carbocycles. The molecule has 0 heterocycles. The van der Waals surface area contributed by atoms with E-state index in [2.05, 4.69) is 82.3 Å². The van der Waals surface area contributed by atoms with Crippen molar-refractivity contribution in [1.82, 2.24) is 0 Å². The van der Waals surface area contributed by atoms with Crippen LogP contribution < -0.4 is 0 Å². The summed E-state index contributed by atoms with van der Waals surface area (Å²) in [6.07, 6.45) is 1.14. The van der Waals surface area contributed by atoms with Crippen molar-refractivity contribution in [1.29, 1.82) is 0 Å². The topological polar surface area (TPSA) is 0 Å². The zero-order valence-electron chi connectivity index (χ0n) is 14.0. The normalized spacial score (nSPS) is 9.70. The van der Waals surface area contributed by atoms with Gasteiger partial charge >= 0.3 is 0 Å². The van der Waals surface area contributed by atoms with Crippen molar-refractivity contribution in [2.24, 2.45) is 0 Å². The lowest BCUT2D eigenvalue weighted by Gasteiger charge is -2.18. The summed E-state index contributed by atoms with van der Waals surface area (Å²) in [6, 6.07) is 21.0. The molecule has 2 aromatic carbocycles. The molecule has 0 spiro atoms. The Kier molecular flexibility index (Phi) is 9.45. The van der Waals surface area contributed by atoms with E-state index in [9.17, 15) is 0 Å². The van der Waals surface area contributed by atoms with Crippen molar-refractivity contribution in [2.75, 3.05) is 0 Å². The SMILES string of the molecule is CC.CC(C)(C)c1ccccc1.CCc1ccccc1. The molecule has 0 saturated heterocycles. The van der Waals surface area contributed by atoms with Gasteiger partial charge in [0.05, 0.1) is 0 Å². The molecule has 20 heavy (non-hydrogen) atoms. The van der Waals surface area contributed by atoms with Crippen LogP contribution in [0.3, 0.4) is 0 Å². The zero-order chi connectivity index (χ0) is 15.4. The summed E-state index contributed by atoms with van der Waals surface area (Å²) in [5, 5.41) is 0. The molecule has 0 saturated carbocycles. The maximum Gasteiger partial charge on any atom is -0.0132 e.